The van der Waals surface area contributed by atoms with Crippen molar-refractivity contribution in [2.24, 2.45) is 0 Å². The van der Waals surface area contributed by atoms with Gasteiger partial charge in [-0.05, 0) is 43.9 Å². The molecule has 2 aromatic rings. The van der Waals surface area contributed by atoms with Crippen LogP contribution in [0.15, 0.2) is 27.8 Å². The molecule has 0 radical (unpaired) electrons. The molecular weight excluding hydrogens is 284 g/mol. The molecule has 1 saturated carbocycles. The average Bonchev–Trinajstić information content (AvgIpc) is 3.05. The Hall–Kier alpha value is -1.20. The maximum Gasteiger partial charge on any atom is 0.257 e. The predicted molar refractivity (Wildman–Crippen MR) is 84.5 cm³/mol. The summed E-state index contributed by atoms with van der Waals surface area (Å²) in [5.74, 6) is 0. The maximum absolute atomic E-state index is 6.09. The number of nitrogen functional groups attached to an aromatic ring is 1. The fourth-order valence-electron chi connectivity index (χ4n) is 3.57. The summed E-state index contributed by atoms with van der Waals surface area (Å²) in [5, 5.41) is 1.30. The highest BCUT2D eigenvalue weighted by atomic mass is 32.2. The number of anilines is 1. The lowest BCUT2D eigenvalue weighted by molar-refractivity contribution is -0.0704. The van der Waals surface area contributed by atoms with Crippen LogP contribution in [0.25, 0.3) is 11.1 Å². The van der Waals surface area contributed by atoms with Gasteiger partial charge in [-0.15, -0.1) is 0 Å². The number of ether oxygens (including phenoxy) is 1. The minimum absolute atomic E-state index is 0.145. The number of rotatable bonds is 2. The van der Waals surface area contributed by atoms with Crippen molar-refractivity contribution in [2.45, 2.75) is 54.6 Å². The first kappa shape index (κ1) is 13.5. The standard InChI is InChI=1S/C16H20N2O2S/c17-11-3-4-14-13(9-11)18-15(20-14)21-12-5-8-19-16(10-12)6-1-2-7-16/h3-4,9,12H,1-2,5-8,10,17H2. The van der Waals surface area contributed by atoms with E-state index in [1.54, 1.807) is 11.8 Å². The zero-order valence-corrected chi connectivity index (χ0v) is 12.8. The van der Waals surface area contributed by atoms with E-state index in [0.717, 1.165) is 41.5 Å². The van der Waals surface area contributed by atoms with Crippen molar-refractivity contribution in [3.05, 3.63) is 18.2 Å². The smallest absolute Gasteiger partial charge is 0.257 e. The van der Waals surface area contributed by atoms with E-state index < -0.39 is 0 Å². The summed E-state index contributed by atoms with van der Waals surface area (Å²) in [6.45, 7) is 0.866. The summed E-state index contributed by atoms with van der Waals surface area (Å²) in [6, 6.07) is 5.61. The van der Waals surface area contributed by atoms with Gasteiger partial charge in [-0.3, -0.25) is 0 Å². The normalized spacial score (nSPS) is 24.9. The van der Waals surface area contributed by atoms with Crippen LogP contribution in [0, 0.1) is 0 Å². The molecule has 1 unspecified atom stereocenters. The Labute approximate surface area is 128 Å². The molecule has 1 spiro atoms. The van der Waals surface area contributed by atoms with Gasteiger partial charge in [0.15, 0.2) is 5.58 Å². The Balaban J connectivity index is 1.51. The summed E-state index contributed by atoms with van der Waals surface area (Å²) in [5.41, 5.74) is 8.32. The predicted octanol–water partition coefficient (Wildman–Crippen LogP) is 3.99. The fraction of sp³-hybridized carbons (Fsp3) is 0.562. The van der Waals surface area contributed by atoms with Crippen LogP contribution in [0.1, 0.15) is 38.5 Å². The quantitative estimate of drug-likeness (QED) is 0.850. The second-order valence-corrected chi connectivity index (χ2v) is 7.43. The van der Waals surface area contributed by atoms with E-state index in [0.29, 0.717) is 5.25 Å². The van der Waals surface area contributed by atoms with E-state index in [2.05, 4.69) is 4.98 Å². The number of nitrogens with zero attached hydrogens (tertiary/aromatic N) is 1. The van der Waals surface area contributed by atoms with Gasteiger partial charge in [0, 0.05) is 17.5 Å². The number of nitrogens with two attached hydrogens (primary N) is 1. The average molecular weight is 304 g/mol. The molecule has 4 rings (SSSR count). The summed E-state index contributed by atoms with van der Waals surface area (Å²) < 4.78 is 11.9. The Bertz CT molecular complexity index is 649. The van der Waals surface area contributed by atoms with Gasteiger partial charge in [-0.1, -0.05) is 24.6 Å². The second kappa shape index (κ2) is 5.21. The highest BCUT2D eigenvalue weighted by Crippen LogP contribution is 2.44. The lowest BCUT2D eigenvalue weighted by Gasteiger charge is -2.37. The van der Waals surface area contributed by atoms with Crippen molar-refractivity contribution in [1.82, 2.24) is 4.98 Å². The van der Waals surface area contributed by atoms with E-state index >= 15 is 0 Å². The summed E-state index contributed by atoms with van der Waals surface area (Å²) in [6.07, 6.45) is 7.24. The molecular formula is C16H20N2O2S. The van der Waals surface area contributed by atoms with Crippen LogP contribution in [0.4, 0.5) is 5.69 Å². The van der Waals surface area contributed by atoms with E-state index in [1.165, 1.54) is 25.7 Å². The van der Waals surface area contributed by atoms with E-state index in [9.17, 15) is 0 Å². The Kier molecular flexibility index (Phi) is 3.34. The summed E-state index contributed by atoms with van der Waals surface area (Å²) in [7, 11) is 0. The first-order chi connectivity index (χ1) is 10.2. The lowest BCUT2D eigenvalue weighted by atomic mass is 9.92. The van der Waals surface area contributed by atoms with E-state index in [-0.39, 0.29) is 5.60 Å². The van der Waals surface area contributed by atoms with Crippen molar-refractivity contribution < 1.29 is 9.15 Å². The lowest BCUT2D eigenvalue weighted by Crippen LogP contribution is -2.38. The van der Waals surface area contributed by atoms with Crippen LogP contribution < -0.4 is 5.73 Å². The van der Waals surface area contributed by atoms with Crippen LogP contribution in [0.2, 0.25) is 0 Å². The zero-order chi connectivity index (χ0) is 14.3. The molecule has 2 aliphatic rings. The molecule has 0 bridgehead atoms. The van der Waals surface area contributed by atoms with E-state index in [4.69, 9.17) is 14.9 Å². The van der Waals surface area contributed by atoms with Gasteiger partial charge in [0.05, 0.1) is 5.60 Å². The van der Waals surface area contributed by atoms with Gasteiger partial charge in [0.2, 0.25) is 0 Å². The van der Waals surface area contributed by atoms with Crippen LogP contribution in [-0.2, 0) is 4.74 Å². The molecule has 1 atom stereocenters. The molecule has 112 valence electrons. The van der Waals surface area contributed by atoms with Crippen LogP contribution >= 0.6 is 11.8 Å². The number of aromatic nitrogens is 1. The topological polar surface area (TPSA) is 61.3 Å². The molecule has 1 aromatic heterocycles. The molecule has 4 nitrogen and oxygen atoms in total. The van der Waals surface area contributed by atoms with Crippen LogP contribution in [0.5, 0.6) is 0 Å². The van der Waals surface area contributed by atoms with Crippen molar-refractivity contribution in [3.63, 3.8) is 0 Å². The molecule has 0 amide bonds. The van der Waals surface area contributed by atoms with E-state index in [1.807, 2.05) is 18.2 Å². The first-order valence-electron chi connectivity index (χ1n) is 7.69. The summed E-state index contributed by atoms with van der Waals surface area (Å²) in [4.78, 5) is 4.56. The largest absolute Gasteiger partial charge is 0.431 e. The Morgan fingerprint density at radius 1 is 1.29 bits per heavy atom. The number of benzene rings is 1. The number of hydrogen-bond acceptors (Lipinski definition) is 5. The molecule has 21 heavy (non-hydrogen) atoms. The monoisotopic (exact) mass is 304 g/mol. The van der Waals surface area contributed by atoms with Gasteiger partial charge in [-0.25, -0.2) is 4.98 Å². The van der Waals surface area contributed by atoms with Crippen LogP contribution in [0.3, 0.4) is 0 Å². The van der Waals surface area contributed by atoms with Crippen LogP contribution in [-0.4, -0.2) is 22.4 Å². The minimum atomic E-state index is 0.145. The third-order valence-corrected chi connectivity index (χ3v) is 5.73. The SMILES string of the molecule is Nc1ccc2oc(SC3CCOC4(CCCC4)C3)nc2c1. The Morgan fingerprint density at radius 3 is 3.00 bits per heavy atom. The minimum Gasteiger partial charge on any atom is -0.431 e. The van der Waals surface area contributed by atoms with Crippen molar-refractivity contribution in [2.75, 3.05) is 12.3 Å². The third kappa shape index (κ3) is 2.64. The molecule has 5 heteroatoms. The maximum atomic E-state index is 6.09. The fourth-order valence-corrected chi connectivity index (χ4v) is 4.74. The van der Waals surface area contributed by atoms with Gasteiger partial charge < -0.3 is 14.9 Å². The molecule has 2 heterocycles. The van der Waals surface area contributed by atoms with Gasteiger partial charge >= 0.3 is 0 Å². The molecule has 1 aromatic carbocycles. The van der Waals surface area contributed by atoms with Gasteiger partial charge in [0.25, 0.3) is 5.22 Å². The number of fused-ring (bicyclic) bond motifs is 1. The van der Waals surface area contributed by atoms with Gasteiger partial charge in [-0.2, -0.15) is 0 Å². The van der Waals surface area contributed by atoms with Gasteiger partial charge in [0.1, 0.15) is 5.52 Å². The molecule has 2 fully saturated rings. The highest BCUT2D eigenvalue weighted by Gasteiger charge is 2.40. The third-order valence-electron chi connectivity index (χ3n) is 4.62. The number of hydrogen-bond donors (Lipinski definition) is 1. The second-order valence-electron chi connectivity index (χ2n) is 6.18. The van der Waals surface area contributed by atoms with Crippen molar-refractivity contribution in [1.29, 1.82) is 0 Å². The van der Waals surface area contributed by atoms with Crippen molar-refractivity contribution >= 4 is 28.5 Å². The molecule has 2 N–H and O–H groups in total. The first-order valence-corrected chi connectivity index (χ1v) is 8.57. The van der Waals surface area contributed by atoms with Crippen molar-refractivity contribution in [3.8, 4) is 0 Å². The Morgan fingerprint density at radius 2 is 2.14 bits per heavy atom. The molecule has 1 saturated heterocycles. The molecule has 1 aliphatic carbocycles. The number of thioether (sulfide) groups is 1. The highest BCUT2D eigenvalue weighted by molar-refractivity contribution is 7.99. The zero-order valence-electron chi connectivity index (χ0n) is 12.0. The number of oxazole rings is 1. The summed E-state index contributed by atoms with van der Waals surface area (Å²) >= 11 is 1.76. The molecule has 1 aliphatic heterocycles.